The highest BCUT2D eigenvalue weighted by molar-refractivity contribution is 6.43. The minimum Gasteiger partial charge on any atom is -0.303 e. The molecule has 0 aromatic carbocycles. The molecule has 0 saturated heterocycles. The number of halogens is 2. The Morgan fingerprint density at radius 2 is 1.50 bits per heavy atom. The van der Waals surface area contributed by atoms with E-state index in [0.29, 0.717) is 0 Å². The lowest BCUT2D eigenvalue weighted by Gasteiger charge is -1.74. The van der Waals surface area contributed by atoms with Crippen LogP contribution in [0.15, 0.2) is 0 Å². The Labute approximate surface area is 34.7 Å². The fourth-order valence-corrected chi connectivity index (χ4v) is 0. The molecule has 0 atom stereocenters. The summed E-state index contributed by atoms with van der Waals surface area (Å²) in [6.07, 6.45) is 0. The molecule has 0 heterocycles. The van der Waals surface area contributed by atoms with Crippen molar-refractivity contribution in [2.45, 2.75) is 4.96 Å². The lowest BCUT2D eigenvalue weighted by atomic mass is 11.5. The van der Waals surface area contributed by atoms with Gasteiger partial charge in [0.1, 0.15) is 0 Å². The van der Waals surface area contributed by atoms with Crippen molar-refractivity contribution in [1.29, 1.82) is 0 Å². The zero-order valence-electron chi connectivity index (χ0n) is 1.91. The molecule has 0 aromatic heterocycles. The minimum atomic E-state index is -0.722. The summed E-state index contributed by atoms with van der Waals surface area (Å²) in [5.74, 6) is 0. The second-order valence-electron chi connectivity index (χ2n) is 0.334. The maximum atomic E-state index is 4.82. The molecule has 2 N–H and O–H groups in total. The third-order valence-electron chi connectivity index (χ3n) is 0. The third kappa shape index (κ3) is 20.7. The van der Waals surface area contributed by atoms with Crippen LogP contribution in [0.5, 0.6) is 0 Å². The van der Waals surface area contributed by atoms with Crippen LogP contribution in [-0.4, -0.2) is 4.96 Å². The first-order valence-electron chi connectivity index (χ1n) is 0.770. The lowest BCUT2D eigenvalue weighted by Crippen LogP contribution is -1.99. The van der Waals surface area contributed by atoms with Crippen LogP contribution in [0, 0.1) is 0 Å². The Balaban J connectivity index is 2.32. The van der Waals surface area contributed by atoms with Crippen molar-refractivity contribution < 1.29 is 0 Å². The van der Waals surface area contributed by atoms with Crippen LogP contribution in [0.2, 0.25) is 0 Å². The second kappa shape index (κ2) is 1.82. The van der Waals surface area contributed by atoms with Gasteiger partial charge in [0.15, 0.2) is 4.96 Å². The van der Waals surface area contributed by atoms with Crippen LogP contribution in [0.3, 0.4) is 0 Å². The third-order valence-corrected chi connectivity index (χ3v) is 0. The maximum absolute atomic E-state index is 4.82. The Morgan fingerprint density at radius 3 is 1.50 bits per heavy atom. The molecule has 3 heteroatoms. The molecule has 0 aliphatic heterocycles. The van der Waals surface area contributed by atoms with Gasteiger partial charge in [-0.05, 0) is 0 Å². The van der Waals surface area contributed by atoms with Gasteiger partial charge in [0.2, 0.25) is 0 Å². The van der Waals surface area contributed by atoms with Gasteiger partial charge in [0.25, 0.3) is 0 Å². The summed E-state index contributed by atoms with van der Waals surface area (Å²) in [7, 11) is 0. The molecular formula is CH3Cl2N. The van der Waals surface area contributed by atoms with Gasteiger partial charge in [-0.15, -0.1) is 0 Å². The first kappa shape index (κ1) is 4.54. The molecule has 0 fully saturated rings. The van der Waals surface area contributed by atoms with E-state index in [1.165, 1.54) is 0 Å². The van der Waals surface area contributed by atoms with E-state index in [1.54, 1.807) is 0 Å². The average Bonchev–Trinajstić information content (AvgIpc) is 0.811. The summed E-state index contributed by atoms with van der Waals surface area (Å²) in [5.41, 5.74) is 4.64. The standard InChI is InChI=1S/CH3Cl2N/c2-1(3)4/h1H,4H2. The Hall–Kier alpha value is 0.540. The monoisotopic (exact) mass is 99.0 g/mol. The fraction of sp³-hybridized carbons (Fsp3) is 1.00. The molecule has 1 nitrogen and oxygen atoms in total. The van der Waals surface area contributed by atoms with Crippen molar-refractivity contribution in [3.05, 3.63) is 0 Å². The van der Waals surface area contributed by atoms with E-state index >= 15 is 0 Å². The van der Waals surface area contributed by atoms with Gasteiger partial charge in [-0.3, -0.25) is 0 Å². The number of hydrogen-bond donors (Lipinski definition) is 1. The zero-order chi connectivity index (χ0) is 3.58. The molecule has 0 amide bonds. The van der Waals surface area contributed by atoms with Crippen LogP contribution >= 0.6 is 23.2 Å². The molecule has 0 saturated carbocycles. The molecule has 4 heavy (non-hydrogen) atoms. The van der Waals surface area contributed by atoms with Gasteiger partial charge in [-0.2, -0.15) is 0 Å². The quantitative estimate of drug-likeness (QED) is 0.352. The first-order chi connectivity index (χ1) is 1.73. The Bertz CT molecular complexity index is 10.8. The number of hydrogen-bond acceptors (Lipinski definition) is 1. The fourth-order valence-electron chi connectivity index (χ4n) is 0. The first-order valence-corrected chi connectivity index (χ1v) is 1.64. The SMILES string of the molecule is NC(Cl)Cl. The van der Waals surface area contributed by atoms with Gasteiger partial charge >= 0.3 is 0 Å². The molecule has 0 rings (SSSR count). The van der Waals surface area contributed by atoms with Crippen LogP contribution < -0.4 is 5.73 Å². The molecule has 26 valence electrons. The average molecular weight is 99.9 g/mol. The highest BCUT2D eigenvalue weighted by Crippen LogP contribution is 1.86. The second-order valence-corrected chi connectivity index (χ2v) is 1.50. The number of alkyl halides is 2. The minimum absolute atomic E-state index is 0.722. The van der Waals surface area contributed by atoms with Crippen LogP contribution in [-0.2, 0) is 0 Å². The predicted molar refractivity (Wildman–Crippen MR) is 19.7 cm³/mol. The molecule has 0 aliphatic carbocycles. The van der Waals surface area contributed by atoms with Gasteiger partial charge in [0.05, 0.1) is 0 Å². The zero-order valence-corrected chi connectivity index (χ0v) is 3.42. The van der Waals surface area contributed by atoms with Crippen molar-refractivity contribution in [3.63, 3.8) is 0 Å². The molecule has 0 radical (unpaired) electrons. The van der Waals surface area contributed by atoms with Gasteiger partial charge < -0.3 is 5.73 Å². The van der Waals surface area contributed by atoms with E-state index in [-0.39, 0.29) is 0 Å². The summed E-state index contributed by atoms with van der Waals surface area (Å²) < 4.78 is 0. The van der Waals surface area contributed by atoms with Crippen LogP contribution in [0.1, 0.15) is 0 Å². The van der Waals surface area contributed by atoms with E-state index in [4.69, 9.17) is 23.2 Å². The smallest absolute Gasteiger partial charge is 0.155 e. The normalized spacial score (nSPS) is 9.00. The summed E-state index contributed by atoms with van der Waals surface area (Å²) in [4.78, 5) is -0.722. The summed E-state index contributed by atoms with van der Waals surface area (Å²) in [5, 5.41) is 0. The summed E-state index contributed by atoms with van der Waals surface area (Å²) in [6.45, 7) is 0. The maximum Gasteiger partial charge on any atom is 0.155 e. The Kier molecular flexibility index (Phi) is 2.07. The van der Waals surface area contributed by atoms with Crippen molar-refractivity contribution in [3.8, 4) is 0 Å². The van der Waals surface area contributed by atoms with E-state index in [1.807, 2.05) is 0 Å². The lowest BCUT2D eigenvalue weighted by molar-refractivity contribution is 1.28. The van der Waals surface area contributed by atoms with E-state index in [2.05, 4.69) is 5.73 Å². The highest BCUT2D eigenvalue weighted by Gasteiger charge is 1.74. The predicted octanol–water partition coefficient (Wildman–Crippen LogP) is 0.706. The number of nitrogens with two attached hydrogens (primary N) is 1. The Morgan fingerprint density at radius 1 is 1.50 bits per heavy atom. The van der Waals surface area contributed by atoms with Crippen molar-refractivity contribution >= 4 is 23.2 Å². The van der Waals surface area contributed by atoms with E-state index in [9.17, 15) is 0 Å². The highest BCUT2D eigenvalue weighted by atomic mass is 35.5. The van der Waals surface area contributed by atoms with E-state index in [0.717, 1.165) is 0 Å². The molecular weight excluding hydrogens is 96.9 g/mol. The molecule has 0 spiro atoms. The molecule has 0 unspecified atom stereocenters. The largest absolute Gasteiger partial charge is 0.303 e. The molecule has 0 aliphatic rings. The van der Waals surface area contributed by atoms with Crippen LogP contribution in [0.4, 0.5) is 0 Å². The van der Waals surface area contributed by atoms with Crippen molar-refractivity contribution in [2.75, 3.05) is 0 Å². The van der Waals surface area contributed by atoms with Gasteiger partial charge in [-0.25, -0.2) is 0 Å². The summed E-state index contributed by atoms with van der Waals surface area (Å²) >= 11 is 9.64. The summed E-state index contributed by atoms with van der Waals surface area (Å²) in [6, 6.07) is 0. The van der Waals surface area contributed by atoms with E-state index < -0.39 is 4.96 Å². The van der Waals surface area contributed by atoms with Gasteiger partial charge in [-0.1, -0.05) is 23.2 Å². The molecule has 0 aromatic rings. The molecule has 0 bridgehead atoms. The van der Waals surface area contributed by atoms with Gasteiger partial charge in [0, 0.05) is 0 Å². The van der Waals surface area contributed by atoms with Crippen LogP contribution in [0.25, 0.3) is 0 Å². The van der Waals surface area contributed by atoms with Crippen molar-refractivity contribution in [2.24, 2.45) is 5.73 Å². The topological polar surface area (TPSA) is 26.0 Å². The number of rotatable bonds is 0. The van der Waals surface area contributed by atoms with Crippen molar-refractivity contribution in [1.82, 2.24) is 0 Å².